The number of aromatic nitrogens is 5. The van der Waals surface area contributed by atoms with Crippen LogP contribution in [0.4, 0.5) is 4.39 Å². The first-order valence-electron chi connectivity index (χ1n) is 10.6. The summed E-state index contributed by atoms with van der Waals surface area (Å²) in [5, 5.41) is 16.8. The molecule has 0 saturated carbocycles. The van der Waals surface area contributed by atoms with E-state index in [0.29, 0.717) is 23.9 Å². The van der Waals surface area contributed by atoms with Crippen LogP contribution in [0.1, 0.15) is 22.8 Å². The smallest absolute Gasteiger partial charge is 0.224 e. The Bertz CT molecular complexity index is 1250. The maximum atomic E-state index is 13.3. The van der Waals surface area contributed by atoms with E-state index in [1.165, 1.54) is 23.9 Å². The molecule has 0 fully saturated rings. The van der Waals surface area contributed by atoms with E-state index in [0.717, 1.165) is 28.3 Å². The minimum Gasteiger partial charge on any atom is -0.355 e. The van der Waals surface area contributed by atoms with E-state index in [2.05, 4.69) is 20.6 Å². The molecular formula is C24H25FN6OS. The Morgan fingerprint density at radius 1 is 1.03 bits per heavy atom. The summed E-state index contributed by atoms with van der Waals surface area (Å²) in [5.74, 6) is 0.328. The average molecular weight is 465 g/mol. The highest BCUT2D eigenvalue weighted by molar-refractivity contribution is 7.98. The number of amides is 1. The van der Waals surface area contributed by atoms with E-state index in [4.69, 9.17) is 0 Å². The van der Waals surface area contributed by atoms with Gasteiger partial charge in [-0.05, 0) is 56.5 Å². The van der Waals surface area contributed by atoms with Crippen molar-refractivity contribution in [2.45, 2.75) is 31.8 Å². The molecule has 0 bridgehead atoms. The first-order valence-corrected chi connectivity index (χ1v) is 11.8. The predicted octanol–water partition coefficient (Wildman–Crippen LogP) is 3.83. The molecule has 0 atom stereocenters. The molecule has 4 rings (SSSR count). The van der Waals surface area contributed by atoms with Gasteiger partial charge < -0.3 is 5.32 Å². The van der Waals surface area contributed by atoms with Crippen LogP contribution in [0, 0.1) is 19.7 Å². The molecule has 7 nitrogen and oxygen atoms in total. The number of para-hydroxylation sites is 1. The fraction of sp³-hybridized carbons (Fsp3) is 0.250. The van der Waals surface area contributed by atoms with Crippen LogP contribution in [-0.4, -0.2) is 43.3 Å². The maximum Gasteiger partial charge on any atom is 0.224 e. The van der Waals surface area contributed by atoms with Crippen LogP contribution in [0.5, 0.6) is 0 Å². The summed E-state index contributed by atoms with van der Waals surface area (Å²) >= 11 is 1.46. The zero-order valence-electron chi connectivity index (χ0n) is 18.7. The first kappa shape index (κ1) is 22.7. The lowest BCUT2D eigenvalue weighted by molar-refractivity contribution is -0.120. The van der Waals surface area contributed by atoms with Gasteiger partial charge in [-0.3, -0.25) is 9.36 Å². The lowest BCUT2D eigenvalue weighted by atomic mass is 10.1. The van der Waals surface area contributed by atoms with E-state index in [1.54, 1.807) is 12.1 Å². The van der Waals surface area contributed by atoms with E-state index in [1.807, 2.05) is 59.7 Å². The summed E-state index contributed by atoms with van der Waals surface area (Å²) in [4.78, 5) is 12.7. The Hall–Kier alpha value is -3.46. The van der Waals surface area contributed by atoms with Gasteiger partial charge in [0, 0.05) is 29.9 Å². The first-order chi connectivity index (χ1) is 16.0. The Balaban J connectivity index is 1.42. The number of rotatable bonds is 8. The zero-order chi connectivity index (χ0) is 23.4. The molecule has 1 N–H and O–H groups in total. The molecule has 2 aromatic heterocycles. The number of nitrogens with one attached hydrogen (secondary N) is 1. The van der Waals surface area contributed by atoms with E-state index >= 15 is 0 Å². The van der Waals surface area contributed by atoms with Crippen LogP contribution in [0.2, 0.25) is 0 Å². The van der Waals surface area contributed by atoms with Crippen LogP contribution in [-0.2, 0) is 17.6 Å². The zero-order valence-corrected chi connectivity index (χ0v) is 19.6. The second kappa shape index (κ2) is 9.99. The summed E-state index contributed by atoms with van der Waals surface area (Å²) in [7, 11) is 0. The normalized spacial score (nSPS) is 11.0. The number of halogens is 1. The molecule has 1 amide bonds. The molecule has 0 aliphatic carbocycles. The van der Waals surface area contributed by atoms with E-state index in [-0.39, 0.29) is 18.1 Å². The van der Waals surface area contributed by atoms with Gasteiger partial charge in [-0.15, -0.1) is 10.2 Å². The van der Waals surface area contributed by atoms with E-state index < -0.39 is 0 Å². The molecule has 0 aliphatic rings. The van der Waals surface area contributed by atoms with Crippen molar-refractivity contribution in [3.05, 3.63) is 83.2 Å². The van der Waals surface area contributed by atoms with Crippen molar-refractivity contribution in [3.63, 3.8) is 0 Å². The lowest BCUT2D eigenvalue weighted by Crippen LogP contribution is -2.28. The van der Waals surface area contributed by atoms with Gasteiger partial charge in [-0.2, -0.15) is 5.10 Å². The fourth-order valence-corrected chi connectivity index (χ4v) is 4.25. The van der Waals surface area contributed by atoms with Gasteiger partial charge in [-0.1, -0.05) is 30.0 Å². The third-order valence-corrected chi connectivity index (χ3v) is 6.05. The highest BCUT2D eigenvalue weighted by Gasteiger charge is 2.17. The molecular weight excluding hydrogens is 439 g/mol. The Labute approximate surface area is 196 Å². The Morgan fingerprint density at radius 2 is 1.76 bits per heavy atom. The molecule has 9 heteroatoms. The standard InChI is InChI=1S/C24H25FN6OS/c1-16-21(17(2)31(29-16)20-7-5-4-6-8-20)15-23(32)26-14-13-22-27-28-24(33-3)30(22)19-11-9-18(25)10-12-19/h4-12H,13-15H2,1-3H3,(H,26,32). The number of carbonyl (C=O) groups excluding carboxylic acids is 1. The van der Waals surface area contributed by atoms with Crippen LogP contribution in [0.25, 0.3) is 11.4 Å². The van der Waals surface area contributed by atoms with Gasteiger partial charge in [0.1, 0.15) is 11.6 Å². The predicted molar refractivity (Wildman–Crippen MR) is 127 cm³/mol. The van der Waals surface area contributed by atoms with E-state index in [9.17, 15) is 9.18 Å². The minimum atomic E-state index is -0.299. The molecule has 0 radical (unpaired) electrons. The number of thioether (sulfide) groups is 1. The molecule has 170 valence electrons. The SMILES string of the molecule is CSc1nnc(CCNC(=O)Cc2c(C)nn(-c3ccccc3)c2C)n1-c1ccc(F)cc1. The van der Waals surface area contributed by atoms with Crippen molar-refractivity contribution in [3.8, 4) is 11.4 Å². The van der Waals surface area contributed by atoms with Gasteiger partial charge in [0.15, 0.2) is 5.16 Å². The molecule has 0 aliphatic heterocycles. The van der Waals surface area contributed by atoms with Gasteiger partial charge >= 0.3 is 0 Å². The molecule has 2 heterocycles. The van der Waals surface area contributed by atoms with Crippen LogP contribution in [0.3, 0.4) is 0 Å². The highest BCUT2D eigenvalue weighted by atomic mass is 32.2. The topological polar surface area (TPSA) is 77.6 Å². The van der Waals surface area contributed by atoms with Crippen molar-refractivity contribution < 1.29 is 9.18 Å². The Kier molecular flexibility index (Phi) is 6.88. The van der Waals surface area contributed by atoms with Crippen molar-refractivity contribution in [2.24, 2.45) is 0 Å². The number of benzene rings is 2. The summed E-state index contributed by atoms with van der Waals surface area (Å²) < 4.78 is 17.1. The van der Waals surface area contributed by atoms with Crippen LogP contribution in [0.15, 0.2) is 59.8 Å². The largest absolute Gasteiger partial charge is 0.355 e. The molecule has 33 heavy (non-hydrogen) atoms. The number of carbonyl (C=O) groups is 1. The summed E-state index contributed by atoms with van der Waals surface area (Å²) in [6, 6.07) is 16.1. The molecule has 0 spiro atoms. The van der Waals surface area contributed by atoms with Gasteiger partial charge in [0.25, 0.3) is 0 Å². The number of hydrogen-bond donors (Lipinski definition) is 1. The fourth-order valence-electron chi connectivity index (χ4n) is 3.73. The van der Waals surface area contributed by atoms with Crippen molar-refractivity contribution in [1.29, 1.82) is 0 Å². The summed E-state index contributed by atoms with van der Waals surface area (Å²) in [6.45, 7) is 4.31. The third-order valence-electron chi connectivity index (χ3n) is 5.42. The minimum absolute atomic E-state index is 0.0771. The molecule has 4 aromatic rings. The number of aryl methyl sites for hydroxylation is 1. The quantitative estimate of drug-likeness (QED) is 0.401. The third kappa shape index (κ3) is 4.98. The second-order valence-corrected chi connectivity index (χ2v) is 8.36. The Morgan fingerprint density at radius 3 is 2.45 bits per heavy atom. The number of nitrogens with zero attached hydrogens (tertiary/aromatic N) is 5. The van der Waals surface area contributed by atoms with Crippen LogP contribution < -0.4 is 5.32 Å². The monoisotopic (exact) mass is 464 g/mol. The van der Waals surface area contributed by atoms with Crippen molar-refractivity contribution >= 4 is 17.7 Å². The van der Waals surface area contributed by atoms with Crippen molar-refractivity contribution in [2.75, 3.05) is 12.8 Å². The summed E-state index contributed by atoms with van der Waals surface area (Å²) in [5.41, 5.74) is 4.47. The van der Waals surface area contributed by atoms with Crippen LogP contribution >= 0.6 is 11.8 Å². The molecule has 0 unspecified atom stereocenters. The highest BCUT2D eigenvalue weighted by Crippen LogP contribution is 2.21. The van der Waals surface area contributed by atoms with Gasteiger partial charge in [0.05, 0.1) is 17.8 Å². The van der Waals surface area contributed by atoms with Gasteiger partial charge in [-0.25, -0.2) is 9.07 Å². The molecule has 2 aromatic carbocycles. The second-order valence-electron chi connectivity index (χ2n) is 7.59. The van der Waals surface area contributed by atoms with Gasteiger partial charge in [0.2, 0.25) is 5.91 Å². The van der Waals surface area contributed by atoms with Crippen molar-refractivity contribution in [1.82, 2.24) is 29.9 Å². The average Bonchev–Trinajstić information content (AvgIpc) is 3.36. The molecule has 0 saturated heterocycles. The number of hydrogen-bond acceptors (Lipinski definition) is 5. The summed E-state index contributed by atoms with van der Waals surface area (Å²) in [6.07, 6.45) is 2.67. The lowest BCUT2D eigenvalue weighted by Gasteiger charge is -2.10. The maximum absolute atomic E-state index is 13.3.